The lowest BCUT2D eigenvalue weighted by atomic mass is 10.1. The van der Waals surface area contributed by atoms with Crippen LogP contribution in [-0.4, -0.2) is 22.8 Å². The fraction of sp³-hybridized carbons (Fsp3) is 0.273. The number of hydrogen-bond donors (Lipinski definition) is 1. The molecule has 27 heavy (non-hydrogen) atoms. The molecule has 1 amide bonds. The maximum Gasteiger partial charge on any atom is 0.224 e. The van der Waals surface area contributed by atoms with E-state index in [-0.39, 0.29) is 5.91 Å². The molecule has 0 saturated carbocycles. The molecule has 0 unspecified atom stereocenters. The number of carbonyl (C=O) groups excluding carboxylic acids is 1. The molecule has 0 bridgehead atoms. The Morgan fingerprint density at radius 2 is 1.70 bits per heavy atom. The number of ether oxygens (including phenoxy) is 1. The molecule has 140 valence electrons. The lowest BCUT2D eigenvalue weighted by molar-refractivity contribution is -0.120. The Morgan fingerprint density at radius 3 is 2.37 bits per heavy atom. The average Bonchev–Trinajstić information content (AvgIpc) is 2.96. The van der Waals surface area contributed by atoms with Gasteiger partial charge in [0, 0.05) is 24.9 Å². The van der Waals surface area contributed by atoms with Crippen LogP contribution >= 0.6 is 0 Å². The molecule has 3 rings (SSSR count). The van der Waals surface area contributed by atoms with Crippen molar-refractivity contribution in [2.24, 2.45) is 0 Å². The Kier molecular flexibility index (Phi) is 6.04. The minimum atomic E-state index is -0.00483. The third-order valence-electron chi connectivity index (χ3n) is 4.60. The number of para-hydroxylation sites is 1. The van der Waals surface area contributed by atoms with Gasteiger partial charge in [-0.05, 0) is 37.1 Å². The van der Waals surface area contributed by atoms with Crippen molar-refractivity contribution in [2.75, 3.05) is 7.11 Å². The van der Waals surface area contributed by atoms with Gasteiger partial charge in [0.15, 0.2) is 0 Å². The van der Waals surface area contributed by atoms with E-state index in [1.54, 1.807) is 7.11 Å². The van der Waals surface area contributed by atoms with Crippen molar-refractivity contribution < 1.29 is 9.53 Å². The normalized spacial score (nSPS) is 10.8. The second kappa shape index (κ2) is 8.64. The largest absolute Gasteiger partial charge is 0.380 e. The number of carbonyl (C=O) groups is 1. The van der Waals surface area contributed by atoms with Crippen LogP contribution in [0, 0.1) is 13.8 Å². The first kappa shape index (κ1) is 18.9. The molecule has 0 aliphatic rings. The van der Waals surface area contributed by atoms with E-state index in [2.05, 4.69) is 10.4 Å². The van der Waals surface area contributed by atoms with Gasteiger partial charge in [0.1, 0.15) is 0 Å². The highest BCUT2D eigenvalue weighted by Gasteiger charge is 2.15. The summed E-state index contributed by atoms with van der Waals surface area (Å²) in [7, 11) is 1.68. The minimum absolute atomic E-state index is 0.00483. The molecule has 0 radical (unpaired) electrons. The fourth-order valence-corrected chi connectivity index (χ4v) is 3.10. The van der Waals surface area contributed by atoms with E-state index in [1.807, 2.05) is 73.1 Å². The molecule has 3 aromatic rings. The smallest absolute Gasteiger partial charge is 0.224 e. The number of nitrogens with one attached hydrogen (secondary N) is 1. The minimum Gasteiger partial charge on any atom is -0.380 e. The number of rotatable bonds is 7. The van der Waals surface area contributed by atoms with Crippen LogP contribution in [0.15, 0.2) is 54.6 Å². The number of hydrogen-bond acceptors (Lipinski definition) is 3. The van der Waals surface area contributed by atoms with E-state index in [0.717, 1.165) is 33.8 Å². The van der Waals surface area contributed by atoms with Crippen LogP contribution in [0.5, 0.6) is 0 Å². The van der Waals surface area contributed by atoms with Crippen molar-refractivity contribution in [3.8, 4) is 5.69 Å². The summed E-state index contributed by atoms with van der Waals surface area (Å²) in [5.41, 5.74) is 6.05. The van der Waals surface area contributed by atoms with Gasteiger partial charge in [-0.25, -0.2) is 4.68 Å². The fourth-order valence-electron chi connectivity index (χ4n) is 3.10. The number of nitrogens with zero attached hydrogens (tertiary/aromatic N) is 2. The first-order valence-corrected chi connectivity index (χ1v) is 9.02. The van der Waals surface area contributed by atoms with Crippen LogP contribution < -0.4 is 5.32 Å². The summed E-state index contributed by atoms with van der Waals surface area (Å²) >= 11 is 0. The molecular weight excluding hydrogens is 338 g/mol. The van der Waals surface area contributed by atoms with Gasteiger partial charge in [0.2, 0.25) is 5.91 Å². The van der Waals surface area contributed by atoms with E-state index >= 15 is 0 Å². The van der Waals surface area contributed by atoms with Crippen molar-refractivity contribution in [2.45, 2.75) is 33.4 Å². The maximum atomic E-state index is 12.4. The van der Waals surface area contributed by atoms with Crippen molar-refractivity contribution in [3.63, 3.8) is 0 Å². The van der Waals surface area contributed by atoms with Gasteiger partial charge < -0.3 is 10.1 Å². The van der Waals surface area contributed by atoms with Crippen LogP contribution in [-0.2, 0) is 29.1 Å². The van der Waals surface area contributed by atoms with Crippen LogP contribution in [0.2, 0.25) is 0 Å². The first-order valence-electron chi connectivity index (χ1n) is 9.02. The predicted molar refractivity (Wildman–Crippen MR) is 106 cm³/mol. The topological polar surface area (TPSA) is 56.1 Å². The van der Waals surface area contributed by atoms with Crippen LogP contribution in [0.25, 0.3) is 5.69 Å². The van der Waals surface area contributed by atoms with Gasteiger partial charge in [-0.2, -0.15) is 5.10 Å². The number of benzene rings is 2. The van der Waals surface area contributed by atoms with Crippen LogP contribution in [0.3, 0.4) is 0 Å². The number of methoxy groups -OCH3 is 1. The van der Waals surface area contributed by atoms with Crippen LogP contribution in [0.1, 0.15) is 28.1 Å². The molecule has 0 aliphatic carbocycles. The summed E-state index contributed by atoms with van der Waals surface area (Å²) in [6.07, 6.45) is 0.326. The van der Waals surface area contributed by atoms with Gasteiger partial charge in [-0.15, -0.1) is 0 Å². The zero-order valence-electron chi connectivity index (χ0n) is 16.0. The summed E-state index contributed by atoms with van der Waals surface area (Å²) in [6, 6.07) is 18.0. The van der Waals surface area contributed by atoms with Gasteiger partial charge in [-0.1, -0.05) is 42.5 Å². The van der Waals surface area contributed by atoms with Gasteiger partial charge >= 0.3 is 0 Å². The first-order chi connectivity index (χ1) is 13.1. The van der Waals surface area contributed by atoms with E-state index in [1.165, 1.54) is 0 Å². The SMILES string of the molecule is COCc1ccc(CNC(=O)Cc2c(C)nn(-c3ccccc3)c2C)cc1. The molecule has 1 aromatic heterocycles. The molecule has 0 aliphatic heterocycles. The second-order valence-electron chi connectivity index (χ2n) is 6.60. The molecule has 0 atom stereocenters. The van der Waals surface area contributed by atoms with Gasteiger partial charge in [-0.3, -0.25) is 4.79 Å². The standard InChI is InChI=1S/C22H25N3O2/c1-16-21(17(2)25(24-16)20-7-5-4-6-8-20)13-22(26)23-14-18-9-11-19(12-10-18)15-27-3/h4-12H,13-15H2,1-3H3,(H,23,26). The summed E-state index contributed by atoms with van der Waals surface area (Å²) in [5.74, 6) is -0.00483. The Labute approximate surface area is 160 Å². The highest BCUT2D eigenvalue weighted by molar-refractivity contribution is 5.79. The molecule has 5 heteroatoms. The summed E-state index contributed by atoms with van der Waals surface area (Å²) in [5, 5.41) is 7.60. The van der Waals surface area contributed by atoms with Crippen LogP contribution in [0.4, 0.5) is 0 Å². The van der Waals surface area contributed by atoms with E-state index < -0.39 is 0 Å². The van der Waals surface area contributed by atoms with Crippen molar-refractivity contribution in [1.29, 1.82) is 0 Å². The Morgan fingerprint density at radius 1 is 1.04 bits per heavy atom. The van der Waals surface area contributed by atoms with Gasteiger partial charge in [0.25, 0.3) is 0 Å². The van der Waals surface area contributed by atoms with Crippen molar-refractivity contribution in [3.05, 3.63) is 82.7 Å². The van der Waals surface area contributed by atoms with E-state index in [9.17, 15) is 4.79 Å². The van der Waals surface area contributed by atoms with Gasteiger partial charge in [0.05, 0.1) is 24.4 Å². The molecule has 1 N–H and O–H groups in total. The number of aryl methyl sites for hydroxylation is 1. The average molecular weight is 363 g/mol. The van der Waals surface area contributed by atoms with Crippen molar-refractivity contribution in [1.82, 2.24) is 15.1 Å². The highest BCUT2D eigenvalue weighted by Crippen LogP contribution is 2.18. The monoisotopic (exact) mass is 363 g/mol. The Hall–Kier alpha value is -2.92. The molecule has 0 spiro atoms. The summed E-state index contributed by atoms with van der Waals surface area (Å²) < 4.78 is 7.01. The number of amides is 1. The third-order valence-corrected chi connectivity index (χ3v) is 4.60. The molecule has 0 fully saturated rings. The summed E-state index contributed by atoms with van der Waals surface area (Å²) in [6.45, 7) is 5.06. The predicted octanol–water partition coefficient (Wildman–Crippen LogP) is 3.49. The third kappa shape index (κ3) is 4.63. The zero-order chi connectivity index (χ0) is 19.2. The molecule has 1 heterocycles. The Balaban J connectivity index is 1.63. The quantitative estimate of drug-likeness (QED) is 0.699. The molecule has 5 nitrogen and oxygen atoms in total. The van der Waals surface area contributed by atoms with Crippen molar-refractivity contribution >= 4 is 5.91 Å². The maximum absolute atomic E-state index is 12.4. The lowest BCUT2D eigenvalue weighted by Gasteiger charge is -2.08. The highest BCUT2D eigenvalue weighted by atomic mass is 16.5. The molecule has 0 saturated heterocycles. The lowest BCUT2D eigenvalue weighted by Crippen LogP contribution is -2.25. The van der Waals surface area contributed by atoms with E-state index in [0.29, 0.717) is 19.6 Å². The van der Waals surface area contributed by atoms with E-state index in [4.69, 9.17) is 4.74 Å². The number of aromatic nitrogens is 2. The zero-order valence-corrected chi connectivity index (χ0v) is 16.0. The molecular formula is C22H25N3O2. The Bertz CT molecular complexity index is 899. The second-order valence-corrected chi connectivity index (χ2v) is 6.60. The molecule has 2 aromatic carbocycles. The summed E-state index contributed by atoms with van der Waals surface area (Å²) in [4.78, 5) is 12.4.